The molecule has 1 N–H and O–H groups in total. The van der Waals surface area contributed by atoms with Gasteiger partial charge in [0.25, 0.3) is 0 Å². The fraction of sp³-hybridized carbons (Fsp3) is 0.263. The third-order valence-corrected chi connectivity index (χ3v) is 3.97. The van der Waals surface area contributed by atoms with Crippen LogP contribution in [0.3, 0.4) is 0 Å². The number of carbonyl (C=O) groups excluding carboxylic acids is 1. The number of carboxylic acids is 1. The third kappa shape index (κ3) is 5.60. The van der Waals surface area contributed by atoms with Gasteiger partial charge in [-0.25, -0.2) is 9.59 Å². The van der Waals surface area contributed by atoms with E-state index >= 15 is 0 Å². The van der Waals surface area contributed by atoms with Crippen LogP contribution in [-0.2, 0) is 0 Å². The highest BCUT2D eigenvalue weighted by atomic mass is 79.9. The van der Waals surface area contributed by atoms with Gasteiger partial charge in [0.1, 0.15) is 17.1 Å². The highest BCUT2D eigenvalue weighted by Crippen LogP contribution is 2.24. The van der Waals surface area contributed by atoms with Crippen LogP contribution in [0.2, 0.25) is 0 Å². The number of carboxylic acid groups (broad SMARTS) is 1. The van der Waals surface area contributed by atoms with E-state index in [-0.39, 0.29) is 11.3 Å². The second-order valence-corrected chi connectivity index (χ2v) is 6.33. The van der Waals surface area contributed by atoms with Crippen LogP contribution in [0.15, 0.2) is 46.9 Å². The van der Waals surface area contributed by atoms with Crippen LogP contribution in [0.25, 0.3) is 0 Å². The van der Waals surface area contributed by atoms with Crippen LogP contribution in [0.4, 0.5) is 0 Å². The molecule has 25 heavy (non-hydrogen) atoms. The van der Waals surface area contributed by atoms with Crippen molar-refractivity contribution < 1.29 is 24.2 Å². The first-order valence-corrected chi connectivity index (χ1v) is 8.78. The second kappa shape index (κ2) is 9.22. The number of esters is 1. The molecule has 0 atom stereocenters. The van der Waals surface area contributed by atoms with Gasteiger partial charge in [-0.05, 0) is 48.9 Å². The number of unbranched alkanes of at least 4 members (excludes halogenated alkanes) is 2. The zero-order valence-electron chi connectivity index (χ0n) is 13.8. The van der Waals surface area contributed by atoms with Crippen molar-refractivity contribution in [1.82, 2.24) is 0 Å². The molecule has 5 nitrogen and oxygen atoms in total. The molecule has 0 aliphatic rings. The summed E-state index contributed by atoms with van der Waals surface area (Å²) >= 11 is 3.20. The maximum atomic E-state index is 12.2. The van der Waals surface area contributed by atoms with Gasteiger partial charge >= 0.3 is 11.9 Å². The van der Waals surface area contributed by atoms with E-state index in [1.807, 2.05) is 0 Å². The Morgan fingerprint density at radius 3 is 2.44 bits per heavy atom. The SMILES string of the molecule is CCCCCOc1ccc(C(=O)Oc2ccc(Br)cc2C(=O)O)cc1. The molecule has 6 heteroatoms. The van der Waals surface area contributed by atoms with Crippen LogP contribution in [0.1, 0.15) is 46.9 Å². The molecular formula is C19H19BrO5. The monoisotopic (exact) mass is 406 g/mol. The summed E-state index contributed by atoms with van der Waals surface area (Å²) in [6.45, 7) is 2.76. The molecule has 0 unspecified atom stereocenters. The Labute approximate surface area is 154 Å². The first-order chi connectivity index (χ1) is 12.0. The van der Waals surface area contributed by atoms with Gasteiger partial charge in [0.2, 0.25) is 0 Å². The summed E-state index contributed by atoms with van der Waals surface area (Å²) in [5.41, 5.74) is 0.235. The number of carbonyl (C=O) groups is 2. The van der Waals surface area contributed by atoms with E-state index in [0.29, 0.717) is 22.4 Å². The Hall–Kier alpha value is -2.34. The van der Waals surface area contributed by atoms with E-state index in [2.05, 4.69) is 22.9 Å². The Bertz CT molecular complexity index is 740. The molecule has 0 radical (unpaired) electrons. The normalized spacial score (nSPS) is 10.3. The molecule has 0 heterocycles. The van der Waals surface area contributed by atoms with Gasteiger partial charge in [-0.15, -0.1) is 0 Å². The number of ether oxygens (including phenoxy) is 2. The molecule has 0 aliphatic carbocycles. The summed E-state index contributed by atoms with van der Waals surface area (Å²) in [5.74, 6) is -1.11. The van der Waals surface area contributed by atoms with Crippen molar-refractivity contribution in [2.75, 3.05) is 6.61 Å². The van der Waals surface area contributed by atoms with Crippen LogP contribution in [-0.4, -0.2) is 23.7 Å². The number of benzene rings is 2. The highest BCUT2D eigenvalue weighted by Gasteiger charge is 2.16. The third-order valence-electron chi connectivity index (χ3n) is 3.48. The Kier molecular flexibility index (Phi) is 7.01. The topological polar surface area (TPSA) is 72.8 Å². The fourth-order valence-electron chi connectivity index (χ4n) is 2.15. The van der Waals surface area contributed by atoms with Crippen molar-refractivity contribution in [3.05, 3.63) is 58.1 Å². The second-order valence-electron chi connectivity index (χ2n) is 5.42. The lowest BCUT2D eigenvalue weighted by atomic mass is 10.2. The molecule has 0 amide bonds. The standard InChI is InChI=1S/C19H19BrO5/c1-2-3-4-11-24-15-8-5-13(6-9-15)19(23)25-17-10-7-14(20)12-16(17)18(21)22/h5-10,12H,2-4,11H2,1H3,(H,21,22). The van der Waals surface area contributed by atoms with E-state index in [1.165, 1.54) is 12.1 Å². The highest BCUT2D eigenvalue weighted by molar-refractivity contribution is 9.10. The average Bonchev–Trinajstić information content (AvgIpc) is 2.60. The lowest BCUT2D eigenvalue weighted by Crippen LogP contribution is -2.11. The predicted molar refractivity (Wildman–Crippen MR) is 97.5 cm³/mol. The smallest absolute Gasteiger partial charge is 0.343 e. The van der Waals surface area contributed by atoms with Crippen molar-refractivity contribution in [3.8, 4) is 11.5 Å². The maximum absolute atomic E-state index is 12.2. The van der Waals surface area contributed by atoms with Crippen molar-refractivity contribution in [2.24, 2.45) is 0 Å². The van der Waals surface area contributed by atoms with Crippen molar-refractivity contribution in [1.29, 1.82) is 0 Å². The van der Waals surface area contributed by atoms with Gasteiger partial charge in [-0.2, -0.15) is 0 Å². The molecule has 132 valence electrons. The van der Waals surface area contributed by atoms with Gasteiger partial charge in [0.05, 0.1) is 12.2 Å². The summed E-state index contributed by atoms with van der Waals surface area (Å²) in [7, 11) is 0. The van der Waals surface area contributed by atoms with Crippen molar-refractivity contribution in [2.45, 2.75) is 26.2 Å². The molecule has 0 aliphatic heterocycles. The van der Waals surface area contributed by atoms with Gasteiger partial charge in [0, 0.05) is 4.47 Å². The largest absolute Gasteiger partial charge is 0.494 e. The number of hydrogen-bond donors (Lipinski definition) is 1. The summed E-state index contributed by atoms with van der Waals surface area (Å²) in [6, 6.07) is 11.0. The zero-order valence-corrected chi connectivity index (χ0v) is 15.4. The summed E-state index contributed by atoms with van der Waals surface area (Å²) in [4.78, 5) is 23.5. The Morgan fingerprint density at radius 1 is 1.08 bits per heavy atom. The van der Waals surface area contributed by atoms with Crippen LogP contribution in [0.5, 0.6) is 11.5 Å². The number of aromatic carboxylic acids is 1. The van der Waals surface area contributed by atoms with E-state index in [0.717, 1.165) is 19.3 Å². The molecule has 0 fully saturated rings. The van der Waals surface area contributed by atoms with E-state index in [1.54, 1.807) is 30.3 Å². The molecule has 2 aromatic rings. The van der Waals surface area contributed by atoms with Gasteiger partial charge in [-0.1, -0.05) is 35.7 Å². The minimum atomic E-state index is -1.17. The zero-order chi connectivity index (χ0) is 18.2. The molecule has 0 spiro atoms. The lowest BCUT2D eigenvalue weighted by molar-refractivity contribution is 0.0681. The van der Waals surface area contributed by atoms with Crippen LogP contribution >= 0.6 is 15.9 Å². The average molecular weight is 407 g/mol. The molecule has 2 rings (SSSR count). The fourth-order valence-corrected chi connectivity index (χ4v) is 2.51. The van der Waals surface area contributed by atoms with E-state index < -0.39 is 11.9 Å². The van der Waals surface area contributed by atoms with E-state index in [4.69, 9.17) is 9.47 Å². The number of rotatable bonds is 8. The minimum absolute atomic E-state index is 0.000548. The van der Waals surface area contributed by atoms with Crippen molar-refractivity contribution in [3.63, 3.8) is 0 Å². The molecule has 0 bridgehead atoms. The maximum Gasteiger partial charge on any atom is 0.343 e. The summed E-state index contributed by atoms with van der Waals surface area (Å²) < 4.78 is 11.4. The van der Waals surface area contributed by atoms with Crippen LogP contribution in [0, 0.1) is 0 Å². The molecule has 0 aromatic heterocycles. The summed E-state index contributed by atoms with van der Waals surface area (Å²) in [5, 5.41) is 9.20. The molecule has 2 aromatic carbocycles. The molecular weight excluding hydrogens is 388 g/mol. The Morgan fingerprint density at radius 2 is 1.80 bits per heavy atom. The predicted octanol–water partition coefficient (Wildman–Crippen LogP) is 4.94. The van der Waals surface area contributed by atoms with Crippen LogP contribution < -0.4 is 9.47 Å². The minimum Gasteiger partial charge on any atom is -0.494 e. The number of halogens is 1. The van der Waals surface area contributed by atoms with Gasteiger partial charge in [-0.3, -0.25) is 0 Å². The summed E-state index contributed by atoms with van der Waals surface area (Å²) in [6.07, 6.45) is 3.23. The number of hydrogen-bond acceptors (Lipinski definition) is 4. The Balaban J connectivity index is 2.03. The van der Waals surface area contributed by atoms with E-state index in [9.17, 15) is 14.7 Å². The lowest BCUT2D eigenvalue weighted by Gasteiger charge is -2.09. The molecule has 0 saturated heterocycles. The quantitative estimate of drug-likeness (QED) is 0.382. The van der Waals surface area contributed by atoms with Gasteiger partial charge in [0.15, 0.2) is 0 Å². The first-order valence-electron chi connectivity index (χ1n) is 7.99. The van der Waals surface area contributed by atoms with Crippen molar-refractivity contribution >= 4 is 27.9 Å². The first kappa shape index (κ1) is 19.0. The van der Waals surface area contributed by atoms with Gasteiger partial charge < -0.3 is 14.6 Å². The molecule has 0 saturated carbocycles.